The lowest BCUT2D eigenvalue weighted by Gasteiger charge is -2.50. The first-order valence-corrected chi connectivity index (χ1v) is 10.4. The molecule has 2 aliphatic heterocycles. The van der Waals surface area contributed by atoms with Crippen molar-refractivity contribution in [2.45, 2.75) is 18.1 Å². The van der Waals surface area contributed by atoms with Crippen LogP contribution in [-0.2, 0) is 15.1 Å². The van der Waals surface area contributed by atoms with Crippen molar-refractivity contribution >= 4 is 12.4 Å². The number of carboxylic acid groups (broad SMARTS) is 1. The highest BCUT2D eigenvalue weighted by atomic mass is 16.5. The number of morpholine rings is 1. The third kappa shape index (κ3) is 5.11. The predicted molar refractivity (Wildman–Crippen MR) is 115 cm³/mol. The second kappa shape index (κ2) is 10.8. The minimum Gasteiger partial charge on any atom is -0.483 e. The number of rotatable bonds is 3. The fourth-order valence-corrected chi connectivity index (χ4v) is 4.25. The molecule has 2 atom stereocenters. The maximum absolute atomic E-state index is 13.1. The van der Waals surface area contributed by atoms with Gasteiger partial charge in [0.25, 0.3) is 12.4 Å². The lowest BCUT2D eigenvalue weighted by Crippen LogP contribution is -2.63. The Hall–Kier alpha value is -3.32. The number of benzene rings is 1. The maximum atomic E-state index is 13.1. The first kappa shape index (κ1) is 23.3. The van der Waals surface area contributed by atoms with Crippen LogP contribution in [0.1, 0.15) is 28.0 Å². The highest BCUT2D eigenvalue weighted by Gasteiger charge is 2.47. The fourth-order valence-electron chi connectivity index (χ4n) is 4.25. The van der Waals surface area contributed by atoms with Gasteiger partial charge < -0.3 is 19.8 Å². The third-order valence-electron chi connectivity index (χ3n) is 5.88. The zero-order valence-corrected chi connectivity index (χ0v) is 17.6. The molecule has 9 nitrogen and oxygen atoms in total. The second-order valence-corrected chi connectivity index (χ2v) is 7.60. The van der Waals surface area contributed by atoms with E-state index >= 15 is 0 Å². The molecule has 1 aromatic heterocycles. The van der Waals surface area contributed by atoms with Gasteiger partial charge in [0, 0.05) is 32.4 Å². The molecule has 0 aliphatic carbocycles. The number of nitriles is 1. The molecule has 0 saturated carbocycles. The average Bonchev–Trinajstić information content (AvgIpc) is 2.85. The van der Waals surface area contributed by atoms with Crippen molar-refractivity contribution in [3.05, 3.63) is 65.5 Å². The Labute approximate surface area is 186 Å². The van der Waals surface area contributed by atoms with Crippen LogP contribution in [0, 0.1) is 11.3 Å². The highest BCUT2D eigenvalue weighted by Crippen LogP contribution is 2.36. The van der Waals surface area contributed by atoms with Gasteiger partial charge >= 0.3 is 0 Å². The zero-order valence-electron chi connectivity index (χ0n) is 17.6. The van der Waals surface area contributed by atoms with Gasteiger partial charge in [-0.2, -0.15) is 5.26 Å². The lowest BCUT2D eigenvalue weighted by atomic mass is 9.79. The SMILES string of the molecule is N#Cc1ccc(C(=O)N2CC[C@](O)(c3ccccc3)[C@H](N3CCOCC3)C2)cn1.O=CO. The molecule has 1 aromatic carbocycles. The maximum Gasteiger partial charge on any atom is 0.290 e. The summed E-state index contributed by atoms with van der Waals surface area (Å²) in [7, 11) is 0. The summed E-state index contributed by atoms with van der Waals surface area (Å²) in [5, 5.41) is 27.5. The molecular formula is C23H26N4O5. The van der Waals surface area contributed by atoms with Crippen LogP contribution >= 0.6 is 0 Å². The van der Waals surface area contributed by atoms with Crippen LogP contribution in [0.2, 0.25) is 0 Å². The van der Waals surface area contributed by atoms with E-state index in [-0.39, 0.29) is 24.1 Å². The van der Waals surface area contributed by atoms with Gasteiger partial charge in [0.15, 0.2) is 0 Å². The fraction of sp³-hybridized carbons (Fsp3) is 0.391. The molecule has 1 amide bonds. The molecule has 2 saturated heterocycles. The first-order chi connectivity index (χ1) is 15.5. The zero-order chi connectivity index (χ0) is 23.0. The molecule has 4 rings (SSSR count). The molecule has 9 heteroatoms. The van der Waals surface area contributed by atoms with Crippen LogP contribution in [0.5, 0.6) is 0 Å². The Balaban J connectivity index is 0.000000913. The van der Waals surface area contributed by atoms with Gasteiger partial charge in [-0.15, -0.1) is 0 Å². The number of piperidine rings is 1. The first-order valence-electron chi connectivity index (χ1n) is 10.4. The summed E-state index contributed by atoms with van der Waals surface area (Å²) in [5.74, 6) is -0.129. The molecule has 0 spiro atoms. The van der Waals surface area contributed by atoms with Crippen molar-refractivity contribution in [2.75, 3.05) is 39.4 Å². The van der Waals surface area contributed by atoms with Crippen LogP contribution in [0.4, 0.5) is 0 Å². The second-order valence-electron chi connectivity index (χ2n) is 7.60. The van der Waals surface area contributed by atoms with E-state index in [0.29, 0.717) is 38.3 Å². The standard InChI is InChI=1S/C22H24N4O3.CH2O2/c23-14-19-7-6-17(15-24-19)21(27)26-9-8-22(28,18-4-2-1-3-5-18)20(16-26)25-10-12-29-13-11-25;2-1-3/h1-7,15,20,28H,8-13,16H2;1H,(H,2,3)/t20-,22+;/m1./s1. The van der Waals surface area contributed by atoms with Crippen LogP contribution < -0.4 is 0 Å². The Bertz CT molecular complexity index is 941. The van der Waals surface area contributed by atoms with Crippen LogP contribution in [-0.4, -0.2) is 82.8 Å². The number of pyridine rings is 1. The molecule has 2 aliphatic rings. The molecule has 32 heavy (non-hydrogen) atoms. The van der Waals surface area contributed by atoms with Crippen molar-refractivity contribution in [1.29, 1.82) is 5.26 Å². The van der Waals surface area contributed by atoms with E-state index in [1.54, 1.807) is 17.0 Å². The molecule has 0 unspecified atom stereocenters. The summed E-state index contributed by atoms with van der Waals surface area (Å²) < 4.78 is 5.49. The minimum absolute atomic E-state index is 0.129. The third-order valence-corrected chi connectivity index (χ3v) is 5.88. The Morgan fingerprint density at radius 2 is 1.88 bits per heavy atom. The summed E-state index contributed by atoms with van der Waals surface area (Å²) in [6.45, 7) is 3.31. The van der Waals surface area contributed by atoms with E-state index in [1.807, 2.05) is 36.4 Å². The lowest BCUT2D eigenvalue weighted by molar-refractivity contribution is -0.122. The quantitative estimate of drug-likeness (QED) is 0.682. The van der Waals surface area contributed by atoms with Crippen molar-refractivity contribution in [1.82, 2.24) is 14.8 Å². The summed E-state index contributed by atoms with van der Waals surface area (Å²) >= 11 is 0. The Morgan fingerprint density at radius 3 is 2.47 bits per heavy atom. The van der Waals surface area contributed by atoms with Gasteiger partial charge in [0.05, 0.1) is 24.8 Å². The number of carbonyl (C=O) groups is 2. The monoisotopic (exact) mass is 438 g/mol. The van der Waals surface area contributed by atoms with Crippen molar-refractivity contribution in [3.8, 4) is 6.07 Å². The van der Waals surface area contributed by atoms with Gasteiger partial charge in [0.2, 0.25) is 0 Å². The van der Waals surface area contributed by atoms with Crippen molar-refractivity contribution in [2.24, 2.45) is 0 Å². The number of aliphatic hydroxyl groups is 1. The van der Waals surface area contributed by atoms with E-state index in [1.165, 1.54) is 6.20 Å². The summed E-state index contributed by atoms with van der Waals surface area (Å²) in [5.41, 5.74) is 0.585. The van der Waals surface area contributed by atoms with E-state index in [2.05, 4.69) is 9.88 Å². The number of carbonyl (C=O) groups excluding carboxylic acids is 1. The molecule has 2 fully saturated rings. The van der Waals surface area contributed by atoms with Crippen molar-refractivity contribution in [3.63, 3.8) is 0 Å². The topological polar surface area (TPSA) is 127 Å². The summed E-state index contributed by atoms with van der Waals surface area (Å²) in [6.07, 6.45) is 1.90. The highest BCUT2D eigenvalue weighted by molar-refractivity contribution is 5.94. The largest absolute Gasteiger partial charge is 0.483 e. The normalized spacial score (nSPS) is 23.4. The predicted octanol–water partition coefficient (Wildman–Crippen LogP) is 1.09. The van der Waals surface area contributed by atoms with Gasteiger partial charge in [-0.3, -0.25) is 14.5 Å². The number of hydrogen-bond donors (Lipinski definition) is 2. The molecule has 0 radical (unpaired) electrons. The van der Waals surface area contributed by atoms with Crippen LogP contribution in [0.25, 0.3) is 0 Å². The number of likely N-dealkylation sites (tertiary alicyclic amines) is 1. The van der Waals surface area contributed by atoms with E-state index in [4.69, 9.17) is 19.9 Å². The number of amides is 1. The summed E-state index contributed by atoms with van der Waals surface area (Å²) in [6, 6.07) is 14.6. The smallest absolute Gasteiger partial charge is 0.290 e. The number of ether oxygens (including phenoxy) is 1. The summed E-state index contributed by atoms with van der Waals surface area (Å²) in [4.78, 5) is 29.4. The number of aromatic nitrogens is 1. The van der Waals surface area contributed by atoms with Crippen LogP contribution in [0.3, 0.4) is 0 Å². The van der Waals surface area contributed by atoms with Gasteiger partial charge in [0.1, 0.15) is 17.4 Å². The van der Waals surface area contributed by atoms with Crippen LogP contribution in [0.15, 0.2) is 48.7 Å². The Kier molecular flexibility index (Phi) is 7.89. The minimum atomic E-state index is -1.03. The van der Waals surface area contributed by atoms with E-state index in [0.717, 1.165) is 18.7 Å². The average molecular weight is 438 g/mol. The van der Waals surface area contributed by atoms with E-state index < -0.39 is 5.60 Å². The molecule has 0 bridgehead atoms. The van der Waals surface area contributed by atoms with Gasteiger partial charge in [-0.05, 0) is 24.1 Å². The van der Waals surface area contributed by atoms with Gasteiger partial charge in [-0.1, -0.05) is 30.3 Å². The molecular weight excluding hydrogens is 412 g/mol. The Morgan fingerprint density at radius 1 is 1.19 bits per heavy atom. The van der Waals surface area contributed by atoms with Crippen molar-refractivity contribution < 1.29 is 24.5 Å². The molecule has 2 aromatic rings. The van der Waals surface area contributed by atoms with E-state index in [9.17, 15) is 9.90 Å². The van der Waals surface area contributed by atoms with Gasteiger partial charge in [-0.25, -0.2) is 4.98 Å². The number of nitrogens with zero attached hydrogens (tertiary/aromatic N) is 4. The molecule has 2 N–H and O–H groups in total. The molecule has 3 heterocycles. The number of hydrogen-bond acceptors (Lipinski definition) is 7. The molecule has 168 valence electrons.